The van der Waals surface area contributed by atoms with E-state index in [1.165, 1.54) is 0 Å². The highest BCUT2D eigenvalue weighted by molar-refractivity contribution is 7.16. The normalized spacial score (nSPS) is 11.8. The van der Waals surface area contributed by atoms with Crippen LogP contribution in [-0.2, 0) is 12.8 Å². The largest absolute Gasteiger partial charge is 0.315 e. The van der Waals surface area contributed by atoms with Gasteiger partial charge in [0.25, 0.3) is 0 Å². The molecule has 6 heteroatoms. The zero-order chi connectivity index (χ0) is 12.3. The summed E-state index contributed by atoms with van der Waals surface area (Å²) in [6.07, 6.45) is 3.00. The number of fused-ring (bicyclic) bond motifs is 1. The van der Waals surface area contributed by atoms with Crippen molar-refractivity contribution in [2.24, 2.45) is 0 Å². The summed E-state index contributed by atoms with van der Waals surface area (Å²) < 4.78 is 1.87. The quantitative estimate of drug-likeness (QED) is 0.796. The molecular formula is C11H19N5S. The van der Waals surface area contributed by atoms with Crippen LogP contribution in [0.25, 0.3) is 4.96 Å². The van der Waals surface area contributed by atoms with E-state index in [0.717, 1.165) is 41.6 Å². The summed E-state index contributed by atoms with van der Waals surface area (Å²) >= 11 is 1.64. The van der Waals surface area contributed by atoms with E-state index in [1.807, 2.05) is 4.52 Å². The molecule has 0 aliphatic rings. The van der Waals surface area contributed by atoms with E-state index in [4.69, 9.17) is 0 Å². The summed E-state index contributed by atoms with van der Waals surface area (Å²) in [5.74, 6) is 0.947. The van der Waals surface area contributed by atoms with Crippen LogP contribution < -0.4 is 5.32 Å². The minimum Gasteiger partial charge on any atom is -0.315 e. The standard InChI is InChI=1S/C11H19N5S/c1-4-9-13-14-11-16(9)15-10(17-11)6-5-7-12-8(2)3/h8,12H,4-7H2,1-3H3. The first-order chi connectivity index (χ1) is 8.20. The molecule has 0 amide bonds. The highest BCUT2D eigenvalue weighted by Crippen LogP contribution is 2.15. The van der Waals surface area contributed by atoms with Crippen molar-refractivity contribution < 1.29 is 0 Å². The van der Waals surface area contributed by atoms with E-state index in [2.05, 4.69) is 41.4 Å². The van der Waals surface area contributed by atoms with Gasteiger partial charge in [0.05, 0.1) is 0 Å². The van der Waals surface area contributed by atoms with Crippen LogP contribution >= 0.6 is 11.3 Å². The summed E-state index contributed by atoms with van der Waals surface area (Å²) in [6, 6.07) is 0.555. The van der Waals surface area contributed by atoms with Crippen molar-refractivity contribution in [3.05, 3.63) is 10.8 Å². The van der Waals surface area contributed by atoms with E-state index in [1.54, 1.807) is 11.3 Å². The Hall–Kier alpha value is -1.01. The van der Waals surface area contributed by atoms with Gasteiger partial charge in [-0.2, -0.15) is 9.61 Å². The van der Waals surface area contributed by atoms with Gasteiger partial charge in [-0.15, -0.1) is 10.2 Å². The Kier molecular flexibility index (Phi) is 4.06. The first-order valence-electron chi connectivity index (χ1n) is 6.14. The molecule has 0 aliphatic carbocycles. The first-order valence-corrected chi connectivity index (χ1v) is 6.95. The zero-order valence-electron chi connectivity index (χ0n) is 10.6. The lowest BCUT2D eigenvalue weighted by molar-refractivity contribution is 0.569. The molecule has 5 nitrogen and oxygen atoms in total. The molecule has 2 aromatic rings. The number of nitrogens with zero attached hydrogens (tertiary/aromatic N) is 4. The predicted molar refractivity (Wildman–Crippen MR) is 69.5 cm³/mol. The van der Waals surface area contributed by atoms with E-state index >= 15 is 0 Å². The number of hydrogen-bond donors (Lipinski definition) is 1. The van der Waals surface area contributed by atoms with Gasteiger partial charge in [-0.25, -0.2) is 0 Å². The average molecular weight is 253 g/mol. The topological polar surface area (TPSA) is 55.1 Å². The van der Waals surface area contributed by atoms with Gasteiger partial charge in [-0.05, 0) is 13.0 Å². The molecule has 2 aromatic heterocycles. The molecule has 1 N–H and O–H groups in total. The number of nitrogens with one attached hydrogen (secondary N) is 1. The predicted octanol–water partition coefficient (Wildman–Crippen LogP) is 1.68. The highest BCUT2D eigenvalue weighted by Gasteiger charge is 2.09. The van der Waals surface area contributed by atoms with Crippen LogP contribution in [0.1, 0.15) is 38.0 Å². The molecule has 0 aromatic carbocycles. The molecule has 0 saturated carbocycles. The van der Waals surface area contributed by atoms with Gasteiger partial charge in [0.1, 0.15) is 5.01 Å². The Labute approximate surface area is 105 Å². The molecule has 2 rings (SSSR count). The minimum atomic E-state index is 0.555. The first kappa shape index (κ1) is 12.4. The lowest BCUT2D eigenvalue weighted by atomic mass is 10.3. The Bertz CT molecular complexity index is 473. The molecule has 0 radical (unpaired) electrons. The van der Waals surface area contributed by atoms with Gasteiger partial charge in [0.2, 0.25) is 4.96 Å². The summed E-state index contributed by atoms with van der Waals surface area (Å²) in [5, 5.41) is 17.3. The van der Waals surface area contributed by atoms with Crippen molar-refractivity contribution in [2.45, 2.75) is 46.1 Å². The summed E-state index contributed by atoms with van der Waals surface area (Å²) in [4.78, 5) is 0.911. The molecule has 0 fully saturated rings. The zero-order valence-corrected chi connectivity index (χ0v) is 11.4. The maximum absolute atomic E-state index is 4.54. The molecule has 0 atom stereocenters. The van der Waals surface area contributed by atoms with Gasteiger partial charge < -0.3 is 5.32 Å². The number of rotatable bonds is 6. The summed E-state index contributed by atoms with van der Waals surface area (Å²) in [5.41, 5.74) is 0. The molecule has 17 heavy (non-hydrogen) atoms. The smallest absolute Gasteiger partial charge is 0.234 e. The second kappa shape index (κ2) is 5.55. The molecule has 2 heterocycles. The highest BCUT2D eigenvalue weighted by atomic mass is 32.1. The van der Waals surface area contributed by atoms with Crippen LogP contribution in [0.15, 0.2) is 0 Å². The molecule has 94 valence electrons. The Morgan fingerprint density at radius 2 is 2.18 bits per heavy atom. The van der Waals surface area contributed by atoms with Gasteiger partial charge in [-0.1, -0.05) is 32.1 Å². The molecule has 0 aliphatic heterocycles. The third-order valence-electron chi connectivity index (χ3n) is 2.53. The van der Waals surface area contributed by atoms with Crippen molar-refractivity contribution in [1.82, 2.24) is 25.1 Å². The maximum atomic E-state index is 4.54. The number of aromatic nitrogens is 4. The second-order valence-corrected chi connectivity index (χ2v) is 5.41. The van der Waals surface area contributed by atoms with Crippen molar-refractivity contribution in [2.75, 3.05) is 6.54 Å². The van der Waals surface area contributed by atoms with Crippen LogP contribution in [0.3, 0.4) is 0 Å². The lowest BCUT2D eigenvalue weighted by Crippen LogP contribution is -2.23. The summed E-state index contributed by atoms with van der Waals surface area (Å²) in [6.45, 7) is 7.44. The number of aryl methyl sites for hydroxylation is 2. The maximum Gasteiger partial charge on any atom is 0.234 e. The van der Waals surface area contributed by atoms with Crippen LogP contribution in [-0.4, -0.2) is 32.4 Å². The molecular weight excluding hydrogens is 234 g/mol. The Balaban J connectivity index is 1.93. The van der Waals surface area contributed by atoms with Gasteiger partial charge >= 0.3 is 0 Å². The fraction of sp³-hybridized carbons (Fsp3) is 0.727. The third kappa shape index (κ3) is 3.01. The molecule has 0 unspecified atom stereocenters. The monoisotopic (exact) mass is 253 g/mol. The van der Waals surface area contributed by atoms with Crippen LogP contribution in [0.4, 0.5) is 0 Å². The van der Waals surface area contributed by atoms with E-state index in [0.29, 0.717) is 6.04 Å². The molecule has 0 bridgehead atoms. The lowest BCUT2D eigenvalue weighted by Gasteiger charge is -2.05. The second-order valence-electron chi connectivity index (χ2n) is 4.37. The van der Waals surface area contributed by atoms with Gasteiger partial charge in [0.15, 0.2) is 5.82 Å². The minimum absolute atomic E-state index is 0.555. The van der Waals surface area contributed by atoms with E-state index < -0.39 is 0 Å². The van der Waals surface area contributed by atoms with Crippen molar-refractivity contribution >= 4 is 16.3 Å². The van der Waals surface area contributed by atoms with Crippen molar-refractivity contribution in [1.29, 1.82) is 0 Å². The molecule has 0 spiro atoms. The van der Waals surface area contributed by atoms with E-state index in [9.17, 15) is 0 Å². The Morgan fingerprint density at radius 3 is 2.88 bits per heavy atom. The van der Waals surface area contributed by atoms with E-state index in [-0.39, 0.29) is 0 Å². The van der Waals surface area contributed by atoms with Crippen LogP contribution in [0, 0.1) is 0 Å². The Morgan fingerprint density at radius 1 is 1.35 bits per heavy atom. The third-order valence-corrected chi connectivity index (χ3v) is 3.49. The van der Waals surface area contributed by atoms with Gasteiger partial charge in [-0.3, -0.25) is 0 Å². The van der Waals surface area contributed by atoms with Crippen LogP contribution in [0.2, 0.25) is 0 Å². The van der Waals surface area contributed by atoms with Crippen LogP contribution in [0.5, 0.6) is 0 Å². The fourth-order valence-corrected chi connectivity index (χ4v) is 2.54. The average Bonchev–Trinajstić information content (AvgIpc) is 2.83. The van der Waals surface area contributed by atoms with Gasteiger partial charge in [0, 0.05) is 18.9 Å². The van der Waals surface area contributed by atoms with Crippen molar-refractivity contribution in [3.8, 4) is 0 Å². The van der Waals surface area contributed by atoms with Crippen molar-refractivity contribution in [3.63, 3.8) is 0 Å². The molecule has 0 saturated heterocycles. The number of hydrogen-bond acceptors (Lipinski definition) is 5. The summed E-state index contributed by atoms with van der Waals surface area (Å²) in [7, 11) is 0. The fourth-order valence-electron chi connectivity index (χ4n) is 1.65. The SMILES string of the molecule is CCc1nnc2sc(CCCNC(C)C)nn12.